The Bertz CT molecular complexity index is 1300. The third-order valence-electron chi connectivity index (χ3n) is 6.34. The van der Waals surface area contributed by atoms with Crippen molar-refractivity contribution in [2.24, 2.45) is 10.3 Å². The minimum Gasteiger partial charge on any atom is -0.511 e. The van der Waals surface area contributed by atoms with E-state index in [-0.39, 0.29) is 49.2 Å². The van der Waals surface area contributed by atoms with Gasteiger partial charge in [-0.05, 0) is 55.2 Å². The molecule has 0 radical (unpaired) electrons. The third-order valence-corrected chi connectivity index (χ3v) is 7.66. The molecule has 2 N–H and O–H groups in total. The number of aliphatic hydroxyl groups is 1. The molecule has 184 valence electrons. The molecule has 1 fully saturated rings. The van der Waals surface area contributed by atoms with Crippen LogP contribution in [0, 0.1) is 18.7 Å². The number of amides is 1. The number of carbonyl (C=O) groups is 1. The zero-order valence-electron chi connectivity index (χ0n) is 19.4. The quantitative estimate of drug-likeness (QED) is 0.618. The number of halogens is 1. The summed E-state index contributed by atoms with van der Waals surface area (Å²) >= 11 is 0. The Labute approximate surface area is 202 Å². The van der Waals surface area contributed by atoms with Crippen molar-refractivity contribution in [3.05, 3.63) is 70.7 Å². The monoisotopic (exact) mass is 489 g/mol. The van der Waals surface area contributed by atoms with Crippen LogP contribution in [-0.4, -0.2) is 36.2 Å². The van der Waals surface area contributed by atoms with E-state index in [1.54, 1.807) is 36.1 Å². The van der Waals surface area contributed by atoms with E-state index >= 15 is 0 Å². The summed E-state index contributed by atoms with van der Waals surface area (Å²) in [4.78, 5) is 15.2. The summed E-state index contributed by atoms with van der Waals surface area (Å²) in [5, 5.41) is 13.9. The fraction of sp³-hybridized carbons (Fsp3) is 0.360. The van der Waals surface area contributed by atoms with Crippen molar-refractivity contribution in [2.45, 2.75) is 57.5 Å². The topological polar surface area (TPSA) is 99.1 Å². The molecule has 9 heteroatoms. The number of nitrogens with zero attached hydrogens (tertiary/aromatic N) is 2. The summed E-state index contributed by atoms with van der Waals surface area (Å²) in [7, 11) is -4.05. The third kappa shape index (κ3) is 4.20. The highest BCUT2D eigenvalue weighted by atomic mass is 32.2. The summed E-state index contributed by atoms with van der Waals surface area (Å²) in [6, 6.07) is 10.6. The van der Waals surface area contributed by atoms with Crippen LogP contribution in [0.4, 0.5) is 10.1 Å². The first-order valence-corrected chi connectivity index (χ1v) is 12.9. The molecular formula is C25H32FN3O4S. The SMILES string of the molecule is CC.Cc1ccc2c(c1)S(=O)(=O)N=C(C1=C(O)[C@@H]3CCC[C@@H]3N(Cc3ccc(F)cc3)C1=O)N2.[HH].[HH]. The molecule has 2 heterocycles. The summed E-state index contributed by atoms with van der Waals surface area (Å²) in [5.41, 5.74) is 1.71. The van der Waals surface area contributed by atoms with Gasteiger partial charge >= 0.3 is 0 Å². The van der Waals surface area contributed by atoms with Gasteiger partial charge in [0.25, 0.3) is 15.9 Å². The standard InChI is InChI=1S/C23H22FN3O4S.C2H6.2H2/c1-13-5-10-17-19(11-13)32(30,31)26-22(25-17)20-21(28)16-3-2-4-18(16)27(23(20)29)12-14-6-8-15(24)9-7-14;1-2;;/h5-11,16,18,28H,2-4,12H2,1H3,(H,25,26);1-2H3;2*1H/t16-,18+;;;/m1.../s1. The zero-order chi connectivity index (χ0) is 24.6. The Kier molecular flexibility index (Phi) is 6.49. The maximum atomic E-state index is 13.5. The van der Waals surface area contributed by atoms with E-state index in [0.29, 0.717) is 12.1 Å². The van der Waals surface area contributed by atoms with Gasteiger partial charge in [-0.3, -0.25) is 4.79 Å². The first kappa shape index (κ1) is 23.9. The molecule has 0 saturated heterocycles. The largest absolute Gasteiger partial charge is 0.511 e. The smallest absolute Gasteiger partial charge is 0.286 e. The van der Waals surface area contributed by atoms with Gasteiger partial charge in [-0.15, -0.1) is 4.40 Å². The van der Waals surface area contributed by atoms with Gasteiger partial charge in [0.05, 0.1) is 5.69 Å². The van der Waals surface area contributed by atoms with E-state index in [4.69, 9.17) is 0 Å². The summed E-state index contributed by atoms with van der Waals surface area (Å²) in [5.74, 6) is -1.44. The predicted molar refractivity (Wildman–Crippen MR) is 133 cm³/mol. The number of fused-ring (bicyclic) bond motifs is 2. The van der Waals surface area contributed by atoms with E-state index in [1.807, 2.05) is 13.8 Å². The van der Waals surface area contributed by atoms with Gasteiger partial charge in [-0.1, -0.05) is 38.5 Å². The van der Waals surface area contributed by atoms with E-state index in [2.05, 4.69) is 9.71 Å². The number of benzene rings is 2. The highest BCUT2D eigenvalue weighted by Crippen LogP contribution is 2.41. The lowest BCUT2D eigenvalue weighted by atomic mass is 9.89. The number of aliphatic hydroxyl groups excluding tert-OH is 1. The van der Waals surface area contributed by atoms with Gasteiger partial charge in [0.15, 0.2) is 5.84 Å². The van der Waals surface area contributed by atoms with Crippen LogP contribution >= 0.6 is 0 Å². The second-order valence-corrected chi connectivity index (χ2v) is 10.0. The number of rotatable bonds is 3. The van der Waals surface area contributed by atoms with Crippen LogP contribution in [0.15, 0.2) is 63.1 Å². The van der Waals surface area contributed by atoms with E-state index in [0.717, 1.165) is 24.0 Å². The Hall–Kier alpha value is -3.20. The molecular weight excluding hydrogens is 457 g/mol. The molecule has 34 heavy (non-hydrogen) atoms. The first-order chi connectivity index (χ1) is 16.2. The fourth-order valence-corrected chi connectivity index (χ4v) is 6.00. The molecule has 3 aliphatic rings. The average molecular weight is 490 g/mol. The van der Waals surface area contributed by atoms with Crippen molar-refractivity contribution in [3.8, 4) is 0 Å². The molecule has 0 bridgehead atoms. The lowest BCUT2D eigenvalue weighted by Gasteiger charge is -2.39. The van der Waals surface area contributed by atoms with Gasteiger partial charge in [0, 0.05) is 21.4 Å². The van der Waals surface area contributed by atoms with E-state index in [1.165, 1.54) is 18.2 Å². The average Bonchev–Trinajstić information content (AvgIpc) is 3.30. The van der Waals surface area contributed by atoms with Crippen molar-refractivity contribution in [2.75, 3.05) is 5.32 Å². The molecule has 1 aliphatic carbocycles. The number of aryl methyl sites for hydroxylation is 1. The van der Waals surface area contributed by atoms with Gasteiger partial charge in [0.2, 0.25) is 0 Å². The minimum atomic E-state index is -4.05. The van der Waals surface area contributed by atoms with Gasteiger partial charge in [-0.2, -0.15) is 8.42 Å². The van der Waals surface area contributed by atoms with E-state index < -0.39 is 15.9 Å². The molecule has 1 amide bonds. The van der Waals surface area contributed by atoms with Gasteiger partial charge < -0.3 is 15.3 Å². The Morgan fingerprint density at radius 2 is 1.88 bits per heavy atom. The van der Waals surface area contributed by atoms with Crippen molar-refractivity contribution in [3.63, 3.8) is 0 Å². The van der Waals surface area contributed by atoms with Crippen LogP contribution in [0.2, 0.25) is 0 Å². The molecule has 2 atom stereocenters. The molecule has 2 aromatic carbocycles. The summed E-state index contributed by atoms with van der Waals surface area (Å²) < 4.78 is 42.8. The number of anilines is 1. The van der Waals surface area contributed by atoms with Crippen LogP contribution in [0.25, 0.3) is 0 Å². The number of hydrogen-bond acceptors (Lipinski definition) is 5. The Morgan fingerprint density at radius 1 is 1.18 bits per heavy atom. The van der Waals surface area contributed by atoms with Crippen molar-refractivity contribution in [1.29, 1.82) is 0 Å². The second kappa shape index (κ2) is 9.21. The molecule has 0 unspecified atom stereocenters. The lowest BCUT2D eigenvalue weighted by molar-refractivity contribution is -0.132. The maximum Gasteiger partial charge on any atom is 0.286 e. The molecule has 1 saturated carbocycles. The molecule has 0 spiro atoms. The van der Waals surface area contributed by atoms with Crippen LogP contribution in [-0.2, 0) is 21.4 Å². The number of carbonyl (C=O) groups excluding carboxylic acids is 1. The van der Waals surface area contributed by atoms with Crippen LogP contribution in [0.1, 0.15) is 47.1 Å². The highest BCUT2D eigenvalue weighted by molar-refractivity contribution is 7.90. The fourth-order valence-electron chi connectivity index (χ4n) is 4.79. The molecule has 2 aromatic rings. The van der Waals surface area contributed by atoms with Crippen molar-refractivity contribution < 1.29 is 25.6 Å². The summed E-state index contributed by atoms with van der Waals surface area (Å²) in [6.07, 6.45) is 2.25. The number of hydrogen-bond donors (Lipinski definition) is 2. The van der Waals surface area contributed by atoms with Crippen molar-refractivity contribution >= 4 is 27.5 Å². The van der Waals surface area contributed by atoms with E-state index in [9.17, 15) is 22.7 Å². The summed E-state index contributed by atoms with van der Waals surface area (Å²) in [6.45, 7) is 6.01. The lowest BCUT2D eigenvalue weighted by Crippen LogP contribution is -2.49. The highest BCUT2D eigenvalue weighted by Gasteiger charge is 2.46. The normalized spacial score (nSPS) is 22.8. The Balaban J connectivity index is 0.00000111. The number of sulfonamides is 1. The molecule has 5 rings (SSSR count). The van der Waals surface area contributed by atoms with Gasteiger partial charge in [0.1, 0.15) is 22.0 Å². The maximum absolute atomic E-state index is 13.5. The van der Waals surface area contributed by atoms with Crippen LogP contribution in [0.5, 0.6) is 0 Å². The second-order valence-electron chi connectivity index (χ2n) is 8.46. The van der Waals surface area contributed by atoms with Gasteiger partial charge in [-0.25, -0.2) is 4.39 Å². The molecule has 7 nitrogen and oxygen atoms in total. The number of amidine groups is 1. The predicted octanol–water partition coefficient (Wildman–Crippen LogP) is 5.19. The first-order valence-electron chi connectivity index (χ1n) is 11.5. The zero-order valence-corrected chi connectivity index (χ0v) is 20.2. The molecule has 0 aromatic heterocycles. The van der Waals surface area contributed by atoms with Crippen molar-refractivity contribution in [1.82, 2.24) is 4.90 Å². The number of nitrogens with one attached hydrogen (secondary N) is 1. The van der Waals surface area contributed by atoms with Crippen LogP contribution in [0.3, 0.4) is 0 Å². The Morgan fingerprint density at radius 3 is 2.59 bits per heavy atom. The molecule has 2 aliphatic heterocycles. The minimum absolute atomic E-state index is 0. The van der Waals surface area contributed by atoms with Crippen LogP contribution < -0.4 is 5.32 Å².